The van der Waals surface area contributed by atoms with E-state index in [1.54, 1.807) is 18.2 Å². The lowest BCUT2D eigenvalue weighted by Crippen LogP contribution is -2.00. The first-order chi connectivity index (χ1) is 11.6. The molecule has 24 heavy (non-hydrogen) atoms. The quantitative estimate of drug-likeness (QED) is 0.573. The summed E-state index contributed by atoms with van der Waals surface area (Å²) in [5, 5.41) is 2.94. The summed E-state index contributed by atoms with van der Waals surface area (Å²) in [7, 11) is 0. The van der Waals surface area contributed by atoms with Crippen LogP contribution in [-0.2, 0) is 6.61 Å². The molecule has 3 aromatic carbocycles. The summed E-state index contributed by atoms with van der Waals surface area (Å²) in [5.41, 5.74) is 1.84. The molecule has 0 saturated carbocycles. The highest BCUT2D eigenvalue weighted by molar-refractivity contribution is 9.10. The van der Waals surface area contributed by atoms with Gasteiger partial charge in [0.05, 0.1) is 10.2 Å². The Morgan fingerprint density at radius 3 is 2.29 bits per heavy atom. The lowest BCUT2D eigenvalue weighted by molar-refractivity contribution is 0.304. The Bertz CT molecular complexity index is 823. The highest BCUT2D eigenvalue weighted by Crippen LogP contribution is 2.36. The van der Waals surface area contributed by atoms with E-state index in [1.165, 1.54) is 18.2 Å². The van der Waals surface area contributed by atoms with Gasteiger partial charge in [-0.2, -0.15) is 0 Å². The lowest BCUT2D eigenvalue weighted by atomic mass is 10.2. The van der Waals surface area contributed by atoms with Gasteiger partial charge in [-0.1, -0.05) is 30.3 Å². The van der Waals surface area contributed by atoms with Gasteiger partial charge in [0, 0.05) is 5.69 Å². The standard InChI is InChI=1S/C19H14BrF2NO/c20-18-17(24-12-13-4-2-1-3-5-13)11-10-16(22)19(18)23-15-8-6-14(21)7-9-15/h1-11,23H,12H2. The number of ether oxygens (including phenoxy) is 1. The average molecular weight is 390 g/mol. The van der Waals surface area contributed by atoms with E-state index in [0.29, 0.717) is 22.5 Å². The lowest BCUT2D eigenvalue weighted by Gasteiger charge is -2.14. The summed E-state index contributed by atoms with van der Waals surface area (Å²) in [6.45, 7) is 0.376. The van der Waals surface area contributed by atoms with Crippen LogP contribution in [0.3, 0.4) is 0 Å². The Hall–Kier alpha value is -2.40. The molecule has 1 N–H and O–H groups in total. The zero-order valence-corrected chi connectivity index (χ0v) is 14.2. The van der Waals surface area contributed by atoms with Crippen LogP contribution in [0.1, 0.15) is 5.56 Å². The van der Waals surface area contributed by atoms with E-state index in [1.807, 2.05) is 30.3 Å². The number of hydrogen-bond acceptors (Lipinski definition) is 2. The molecule has 3 rings (SSSR count). The molecule has 122 valence electrons. The predicted octanol–water partition coefficient (Wildman–Crippen LogP) is 6.05. The number of nitrogens with one attached hydrogen (secondary N) is 1. The van der Waals surface area contributed by atoms with Crippen molar-refractivity contribution >= 4 is 27.3 Å². The fraction of sp³-hybridized carbons (Fsp3) is 0.0526. The predicted molar refractivity (Wildman–Crippen MR) is 94.6 cm³/mol. The van der Waals surface area contributed by atoms with E-state index >= 15 is 0 Å². The first-order valence-corrected chi connectivity index (χ1v) is 8.10. The molecular formula is C19H14BrF2NO. The van der Waals surface area contributed by atoms with Crippen molar-refractivity contribution in [3.8, 4) is 5.75 Å². The van der Waals surface area contributed by atoms with E-state index < -0.39 is 5.82 Å². The summed E-state index contributed by atoms with van der Waals surface area (Å²) < 4.78 is 33.4. The van der Waals surface area contributed by atoms with Crippen molar-refractivity contribution in [2.45, 2.75) is 6.61 Å². The maximum atomic E-state index is 14.1. The molecule has 0 atom stereocenters. The number of rotatable bonds is 5. The minimum atomic E-state index is -0.432. The van der Waals surface area contributed by atoms with Crippen LogP contribution in [0.5, 0.6) is 5.75 Å². The van der Waals surface area contributed by atoms with Crippen LogP contribution < -0.4 is 10.1 Å². The van der Waals surface area contributed by atoms with Crippen molar-refractivity contribution in [1.82, 2.24) is 0 Å². The fourth-order valence-electron chi connectivity index (χ4n) is 2.17. The van der Waals surface area contributed by atoms with Gasteiger partial charge in [0.25, 0.3) is 0 Å². The molecule has 0 spiro atoms. The smallest absolute Gasteiger partial charge is 0.148 e. The van der Waals surface area contributed by atoms with Crippen molar-refractivity contribution in [3.63, 3.8) is 0 Å². The Morgan fingerprint density at radius 2 is 1.58 bits per heavy atom. The highest BCUT2D eigenvalue weighted by atomic mass is 79.9. The molecular weight excluding hydrogens is 376 g/mol. The van der Waals surface area contributed by atoms with E-state index in [4.69, 9.17) is 4.74 Å². The van der Waals surface area contributed by atoms with Crippen LogP contribution in [0, 0.1) is 11.6 Å². The van der Waals surface area contributed by atoms with Crippen LogP contribution in [0.15, 0.2) is 71.2 Å². The van der Waals surface area contributed by atoms with Crippen LogP contribution in [0.2, 0.25) is 0 Å². The van der Waals surface area contributed by atoms with Gasteiger partial charge in [-0.05, 0) is 57.9 Å². The van der Waals surface area contributed by atoms with Crippen molar-refractivity contribution in [2.24, 2.45) is 0 Å². The van der Waals surface area contributed by atoms with Gasteiger partial charge in [0.15, 0.2) is 0 Å². The van der Waals surface area contributed by atoms with E-state index in [2.05, 4.69) is 21.2 Å². The fourth-order valence-corrected chi connectivity index (χ4v) is 2.71. The zero-order valence-electron chi connectivity index (χ0n) is 12.6. The van der Waals surface area contributed by atoms with Gasteiger partial charge >= 0.3 is 0 Å². The van der Waals surface area contributed by atoms with E-state index in [-0.39, 0.29) is 11.5 Å². The van der Waals surface area contributed by atoms with E-state index in [9.17, 15) is 8.78 Å². The van der Waals surface area contributed by atoms with Gasteiger partial charge in [-0.25, -0.2) is 8.78 Å². The molecule has 2 nitrogen and oxygen atoms in total. The molecule has 0 aliphatic rings. The van der Waals surface area contributed by atoms with Gasteiger partial charge in [-0.15, -0.1) is 0 Å². The normalized spacial score (nSPS) is 10.5. The van der Waals surface area contributed by atoms with Crippen LogP contribution in [-0.4, -0.2) is 0 Å². The Kier molecular flexibility index (Phi) is 5.11. The number of halogens is 3. The van der Waals surface area contributed by atoms with Gasteiger partial charge in [-0.3, -0.25) is 0 Å². The minimum Gasteiger partial charge on any atom is -0.488 e. The molecule has 0 radical (unpaired) electrons. The second-order valence-corrected chi connectivity index (χ2v) is 5.93. The zero-order chi connectivity index (χ0) is 16.9. The molecule has 0 saturated heterocycles. The average Bonchev–Trinajstić information content (AvgIpc) is 2.60. The van der Waals surface area contributed by atoms with Crippen LogP contribution in [0.25, 0.3) is 0 Å². The molecule has 0 aromatic heterocycles. The molecule has 0 heterocycles. The molecule has 0 aliphatic heterocycles. The Labute approximate surface area is 147 Å². The number of benzene rings is 3. The van der Waals surface area contributed by atoms with E-state index in [0.717, 1.165) is 5.56 Å². The molecule has 0 unspecified atom stereocenters. The summed E-state index contributed by atoms with van der Waals surface area (Å²) >= 11 is 3.38. The third-order valence-corrected chi connectivity index (χ3v) is 4.19. The van der Waals surface area contributed by atoms with Crippen LogP contribution in [0.4, 0.5) is 20.2 Å². The van der Waals surface area contributed by atoms with Crippen molar-refractivity contribution in [1.29, 1.82) is 0 Å². The third kappa shape index (κ3) is 3.92. The SMILES string of the molecule is Fc1ccc(Nc2c(F)ccc(OCc3ccccc3)c2Br)cc1. The molecule has 0 bridgehead atoms. The van der Waals surface area contributed by atoms with Crippen LogP contribution >= 0.6 is 15.9 Å². The topological polar surface area (TPSA) is 21.3 Å². The highest BCUT2D eigenvalue weighted by Gasteiger charge is 2.13. The first kappa shape index (κ1) is 16.5. The molecule has 0 aliphatic carbocycles. The third-order valence-electron chi connectivity index (χ3n) is 3.41. The van der Waals surface area contributed by atoms with Gasteiger partial charge in [0.1, 0.15) is 24.0 Å². The molecule has 0 amide bonds. The number of anilines is 2. The summed E-state index contributed by atoms with van der Waals surface area (Å²) in [4.78, 5) is 0. The summed E-state index contributed by atoms with van der Waals surface area (Å²) in [6.07, 6.45) is 0. The van der Waals surface area contributed by atoms with Gasteiger partial charge < -0.3 is 10.1 Å². The molecule has 5 heteroatoms. The van der Waals surface area contributed by atoms with Crippen molar-refractivity contribution < 1.29 is 13.5 Å². The summed E-state index contributed by atoms with van der Waals surface area (Å²) in [6, 6.07) is 18.3. The minimum absolute atomic E-state index is 0.243. The maximum Gasteiger partial charge on any atom is 0.148 e. The van der Waals surface area contributed by atoms with Gasteiger partial charge in [0.2, 0.25) is 0 Å². The molecule has 3 aromatic rings. The Morgan fingerprint density at radius 1 is 0.875 bits per heavy atom. The first-order valence-electron chi connectivity index (χ1n) is 7.31. The summed E-state index contributed by atoms with van der Waals surface area (Å²) in [5.74, 6) is -0.261. The maximum absolute atomic E-state index is 14.1. The monoisotopic (exact) mass is 389 g/mol. The second-order valence-electron chi connectivity index (χ2n) is 5.14. The second kappa shape index (κ2) is 7.45. The largest absolute Gasteiger partial charge is 0.488 e. The van der Waals surface area contributed by atoms with Crippen molar-refractivity contribution in [2.75, 3.05) is 5.32 Å². The Balaban J connectivity index is 1.80. The number of hydrogen-bond donors (Lipinski definition) is 1. The molecule has 0 fully saturated rings. The van der Waals surface area contributed by atoms with Crippen molar-refractivity contribution in [3.05, 3.63) is 88.4 Å².